The molecule has 5 rings (SSSR count). The van der Waals surface area contributed by atoms with Gasteiger partial charge in [-0.05, 0) is 36.2 Å². The first kappa shape index (κ1) is 19.3. The fourth-order valence-corrected chi connectivity index (χ4v) is 4.77. The van der Waals surface area contributed by atoms with Crippen LogP contribution in [0.4, 0.5) is 4.39 Å². The van der Waals surface area contributed by atoms with Crippen molar-refractivity contribution in [3.63, 3.8) is 0 Å². The maximum Gasteiger partial charge on any atom is 0.266 e. The van der Waals surface area contributed by atoms with Gasteiger partial charge in [-0.1, -0.05) is 54.6 Å². The quantitative estimate of drug-likeness (QED) is 0.378. The Balaban J connectivity index is 1.80. The van der Waals surface area contributed by atoms with E-state index in [9.17, 15) is 14.0 Å². The third-order valence-electron chi connectivity index (χ3n) is 5.28. The minimum absolute atomic E-state index is 0.0526. The summed E-state index contributed by atoms with van der Waals surface area (Å²) in [6.45, 7) is 0.284. The van der Waals surface area contributed by atoms with Crippen LogP contribution < -0.4 is 11.0 Å². The first-order valence-electron chi connectivity index (χ1n) is 9.89. The van der Waals surface area contributed by atoms with Gasteiger partial charge in [0.2, 0.25) is 5.43 Å². The molecule has 0 unspecified atom stereocenters. The van der Waals surface area contributed by atoms with E-state index < -0.39 is 11.4 Å². The van der Waals surface area contributed by atoms with Crippen LogP contribution in [-0.4, -0.2) is 9.55 Å². The molecule has 0 radical (unpaired) electrons. The fourth-order valence-electron chi connectivity index (χ4n) is 3.73. The number of aromatic nitrogens is 2. The van der Waals surface area contributed by atoms with Crippen LogP contribution in [0, 0.1) is 5.82 Å². The van der Waals surface area contributed by atoms with Crippen LogP contribution in [0.3, 0.4) is 0 Å². The molecule has 0 atom stereocenters. The van der Waals surface area contributed by atoms with Crippen molar-refractivity contribution in [2.24, 2.45) is 0 Å². The third-order valence-corrected chi connectivity index (χ3v) is 6.35. The Morgan fingerprint density at radius 1 is 0.871 bits per heavy atom. The van der Waals surface area contributed by atoms with Crippen molar-refractivity contribution in [3.05, 3.63) is 111 Å². The molecule has 0 spiro atoms. The average molecular weight is 428 g/mol. The normalized spacial score (nSPS) is 11.3. The summed E-state index contributed by atoms with van der Waals surface area (Å²) in [6, 6.07) is 23.1. The minimum atomic E-state index is -0.463. The summed E-state index contributed by atoms with van der Waals surface area (Å²) in [6.07, 6.45) is 0.556. The Labute approximate surface area is 180 Å². The van der Waals surface area contributed by atoms with Gasteiger partial charge >= 0.3 is 0 Å². The number of hydrogen-bond donors (Lipinski definition) is 0. The lowest BCUT2D eigenvalue weighted by atomic mass is 10.1. The number of hydrogen-bond acceptors (Lipinski definition) is 4. The van der Waals surface area contributed by atoms with Crippen LogP contribution in [0.25, 0.3) is 31.7 Å². The molecular formula is C25H17FN2O2S. The van der Waals surface area contributed by atoms with Gasteiger partial charge in [0.15, 0.2) is 0 Å². The molecule has 0 amide bonds. The zero-order valence-corrected chi connectivity index (χ0v) is 17.2. The van der Waals surface area contributed by atoms with E-state index in [-0.39, 0.29) is 28.7 Å². The lowest BCUT2D eigenvalue weighted by Gasteiger charge is -2.14. The maximum absolute atomic E-state index is 14.7. The smallest absolute Gasteiger partial charge is 0.266 e. The van der Waals surface area contributed by atoms with Gasteiger partial charge in [0.05, 0.1) is 5.56 Å². The van der Waals surface area contributed by atoms with Gasteiger partial charge < -0.3 is 0 Å². The van der Waals surface area contributed by atoms with Gasteiger partial charge in [0, 0.05) is 16.6 Å². The maximum atomic E-state index is 14.7. The molecule has 152 valence electrons. The van der Waals surface area contributed by atoms with Crippen LogP contribution in [-0.2, 0) is 13.0 Å². The number of benzene rings is 3. The molecule has 0 aliphatic heterocycles. The number of halogens is 1. The zero-order chi connectivity index (χ0) is 21.4. The minimum Gasteiger partial charge on any atom is -0.292 e. The van der Waals surface area contributed by atoms with E-state index in [4.69, 9.17) is 0 Å². The van der Waals surface area contributed by atoms with Crippen molar-refractivity contribution in [2.75, 3.05) is 0 Å². The Morgan fingerprint density at radius 3 is 2.39 bits per heavy atom. The summed E-state index contributed by atoms with van der Waals surface area (Å²) in [7, 11) is 0. The van der Waals surface area contributed by atoms with Crippen molar-refractivity contribution in [3.8, 4) is 11.4 Å². The molecule has 2 aromatic heterocycles. The van der Waals surface area contributed by atoms with Crippen LogP contribution >= 0.6 is 11.3 Å². The molecule has 0 aliphatic rings. The van der Waals surface area contributed by atoms with Crippen molar-refractivity contribution < 1.29 is 4.39 Å². The summed E-state index contributed by atoms with van der Waals surface area (Å²) in [5.41, 5.74) is 0.501. The van der Waals surface area contributed by atoms with Crippen molar-refractivity contribution in [1.29, 1.82) is 0 Å². The van der Waals surface area contributed by atoms with E-state index in [1.165, 1.54) is 22.0 Å². The highest BCUT2D eigenvalue weighted by molar-refractivity contribution is 7.24. The standard InChI is InChI=1S/C25H17FN2O2S/c26-19-12-6-4-10-17(19)23-27-24-21(22(29)18-11-5-7-13-20(18)31-24)25(30)28(23)15-14-16-8-2-1-3-9-16/h1-13H,14-15H2. The topological polar surface area (TPSA) is 52.0 Å². The van der Waals surface area contributed by atoms with E-state index in [0.29, 0.717) is 16.6 Å². The number of rotatable bonds is 4. The second kappa shape index (κ2) is 7.89. The SMILES string of the molecule is O=c1c2ccccc2sc2nc(-c3ccccc3F)n(CCc3ccccc3)c(=O)c12. The van der Waals surface area contributed by atoms with Crippen LogP contribution in [0.1, 0.15) is 5.56 Å². The summed E-state index contributed by atoms with van der Waals surface area (Å²) in [4.78, 5) is 31.6. The van der Waals surface area contributed by atoms with Crippen LogP contribution in [0.15, 0.2) is 88.5 Å². The fraction of sp³-hybridized carbons (Fsp3) is 0.0800. The molecule has 0 aliphatic carbocycles. The lowest BCUT2D eigenvalue weighted by molar-refractivity contribution is 0.621. The van der Waals surface area contributed by atoms with Gasteiger partial charge in [0.1, 0.15) is 21.9 Å². The first-order valence-corrected chi connectivity index (χ1v) is 10.7. The Morgan fingerprint density at radius 2 is 1.58 bits per heavy atom. The molecule has 3 aromatic carbocycles. The zero-order valence-electron chi connectivity index (χ0n) is 16.4. The monoisotopic (exact) mass is 428 g/mol. The summed E-state index contributed by atoms with van der Waals surface area (Å²) < 4.78 is 16.8. The lowest BCUT2D eigenvalue weighted by Crippen LogP contribution is -2.28. The molecular weight excluding hydrogens is 411 g/mol. The molecule has 2 heterocycles. The van der Waals surface area contributed by atoms with Gasteiger partial charge in [0.25, 0.3) is 5.56 Å². The summed E-state index contributed by atoms with van der Waals surface area (Å²) in [5, 5.41) is 0.545. The van der Waals surface area contributed by atoms with Crippen LogP contribution in [0.2, 0.25) is 0 Å². The number of aryl methyl sites for hydroxylation is 1. The highest BCUT2D eigenvalue weighted by atomic mass is 32.1. The Bertz CT molecular complexity index is 1540. The molecule has 0 fully saturated rings. The largest absolute Gasteiger partial charge is 0.292 e. The molecule has 6 heteroatoms. The summed E-state index contributed by atoms with van der Waals surface area (Å²) >= 11 is 1.27. The molecule has 0 bridgehead atoms. The molecule has 4 nitrogen and oxygen atoms in total. The van der Waals surface area contributed by atoms with Crippen LogP contribution in [0.5, 0.6) is 0 Å². The predicted molar refractivity (Wildman–Crippen MR) is 123 cm³/mol. The van der Waals surface area contributed by atoms with Crippen molar-refractivity contribution in [1.82, 2.24) is 9.55 Å². The molecule has 5 aromatic rings. The van der Waals surface area contributed by atoms with E-state index in [1.54, 1.807) is 30.3 Å². The third kappa shape index (κ3) is 3.45. The second-order valence-electron chi connectivity index (χ2n) is 7.22. The predicted octanol–water partition coefficient (Wildman–Crippen LogP) is 5.02. The Kier molecular flexibility index (Phi) is 4.92. The first-order chi connectivity index (χ1) is 15.1. The van der Waals surface area contributed by atoms with Gasteiger partial charge in [-0.15, -0.1) is 11.3 Å². The second-order valence-corrected chi connectivity index (χ2v) is 8.25. The van der Waals surface area contributed by atoms with Gasteiger partial charge in [-0.25, -0.2) is 9.37 Å². The average Bonchev–Trinajstić information content (AvgIpc) is 2.79. The van der Waals surface area contributed by atoms with Gasteiger partial charge in [-0.2, -0.15) is 0 Å². The molecule has 0 saturated heterocycles. The molecule has 0 saturated carbocycles. The van der Waals surface area contributed by atoms with E-state index in [1.807, 2.05) is 42.5 Å². The highest BCUT2D eigenvalue weighted by Crippen LogP contribution is 2.26. The molecule has 0 N–H and O–H groups in total. The van der Waals surface area contributed by atoms with Gasteiger partial charge in [-0.3, -0.25) is 14.2 Å². The Hall–Kier alpha value is -3.64. The highest BCUT2D eigenvalue weighted by Gasteiger charge is 2.19. The van der Waals surface area contributed by atoms with E-state index >= 15 is 0 Å². The van der Waals surface area contributed by atoms with Crippen molar-refractivity contribution >= 4 is 31.6 Å². The summed E-state index contributed by atoms with van der Waals surface area (Å²) in [5.74, 6) is -0.229. The van der Waals surface area contributed by atoms with E-state index in [0.717, 1.165) is 10.3 Å². The number of nitrogens with zero attached hydrogens (tertiary/aromatic N) is 2. The van der Waals surface area contributed by atoms with Crippen molar-refractivity contribution in [2.45, 2.75) is 13.0 Å². The van der Waals surface area contributed by atoms with E-state index in [2.05, 4.69) is 4.98 Å². The number of fused-ring (bicyclic) bond motifs is 2. The molecule has 31 heavy (non-hydrogen) atoms.